The molecule has 0 unspecified atom stereocenters. The quantitative estimate of drug-likeness (QED) is 0.824. The Hall–Kier alpha value is -0.820. The van der Waals surface area contributed by atoms with Crippen LogP contribution in [0.5, 0.6) is 0 Å². The van der Waals surface area contributed by atoms with Gasteiger partial charge in [0, 0.05) is 6.61 Å². The first-order valence-electron chi connectivity index (χ1n) is 6.32. The first kappa shape index (κ1) is 11.7. The maximum atomic E-state index is 9.62. The summed E-state index contributed by atoms with van der Waals surface area (Å²) in [5.74, 6) is 0. The summed E-state index contributed by atoms with van der Waals surface area (Å²) in [7, 11) is 0. The molecule has 1 aliphatic carbocycles. The van der Waals surface area contributed by atoms with E-state index in [9.17, 15) is 5.11 Å². The molecule has 1 heteroatoms. The Morgan fingerprint density at radius 2 is 1.62 bits per heavy atom. The number of aliphatic hydroxyl groups is 1. The minimum Gasteiger partial charge on any atom is -0.396 e. The van der Waals surface area contributed by atoms with Crippen LogP contribution in [0, 0.1) is 19.3 Å². The lowest BCUT2D eigenvalue weighted by atomic mass is 9.80. The lowest BCUT2D eigenvalue weighted by molar-refractivity contribution is 0.130. The van der Waals surface area contributed by atoms with Crippen LogP contribution in [0.2, 0.25) is 0 Å². The Labute approximate surface area is 98.5 Å². The Bertz CT molecular complexity index is 341. The second-order valence-electron chi connectivity index (χ2n) is 5.54. The van der Waals surface area contributed by atoms with Gasteiger partial charge >= 0.3 is 0 Å². The summed E-state index contributed by atoms with van der Waals surface area (Å²) in [6.45, 7) is 4.65. The van der Waals surface area contributed by atoms with E-state index in [2.05, 4.69) is 32.0 Å². The van der Waals surface area contributed by atoms with Crippen LogP contribution in [0.3, 0.4) is 0 Å². The van der Waals surface area contributed by atoms with E-state index in [0.29, 0.717) is 6.61 Å². The highest BCUT2D eigenvalue weighted by Gasteiger charge is 2.33. The van der Waals surface area contributed by atoms with Crippen molar-refractivity contribution in [2.75, 3.05) is 6.61 Å². The Balaban J connectivity index is 2.18. The third-order valence-corrected chi connectivity index (χ3v) is 3.86. The van der Waals surface area contributed by atoms with Crippen molar-refractivity contribution < 1.29 is 5.11 Å². The summed E-state index contributed by atoms with van der Waals surface area (Å²) >= 11 is 0. The van der Waals surface area contributed by atoms with E-state index in [0.717, 1.165) is 6.42 Å². The van der Waals surface area contributed by atoms with Crippen LogP contribution in [-0.2, 0) is 6.42 Å². The third-order valence-electron chi connectivity index (χ3n) is 3.86. The van der Waals surface area contributed by atoms with Gasteiger partial charge in [-0.3, -0.25) is 0 Å². The van der Waals surface area contributed by atoms with Gasteiger partial charge in [-0.2, -0.15) is 0 Å². The van der Waals surface area contributed by atoms with Gasteiger partial charge < -0.3 is 5.11 Å². The van der Waals surface area contributed by atoms with E-state index >= 15 is 0 Å². The van der Waals surface area contributed by atoms with Gasteiger partial charge in [-0.1, -0.05) is 42.2 Å². The summed E-state index contributed by atoms with van der Waals surface area (Å²) in [5, 5.41) is 9.62. The zero-order valence-electron chi connectivity index (χ0n) is 10.4. The van der Waals surface area contributed by atoms with E-state index in [1.807, 2.05) is 0 Å². The zero-order valence-corrected chi connectivity index (χ0v) is 10.4. The molecule has 0 saturated heterocycles. The molecule has 1 N–H and O–H groups in total. The summed E-state index contributed by atoms with van der Waals surface area (Å²) < 4.78 is 0. The van der Waals surface area contributed by atoms with Crippen molar-refractivity contribution in [2.24, 2.45) is 5.41 Å². The molecule has 0 bridgehead atoms. The number of benzene rings is 1. The molecule has 0 spiro atoms. The molecule has 2 rings (SSSR count). The van der Waals surface area contributed by atoms with E-state index in [1.165, 1.54) is 42.4 Å². The van der Waals surface area contributed by atoms with E-state index in [4.69, 9.17) is 0 Å². The van der Waals surface area contributed by atoms with Crippen LogP contribution in [-0.4, -0.2) is 11.7 Å². The molecular formula is C15H22O. The fraction of sp³-hybridized carbons (Fsp3) is 0.600. The molecule has 0 atom stereocenters. The molecule has 1 aromatic rings. The predicted molar refractivity (Wildman–Crippen MR) is 67.6 cm³/mol. The lowest BCUT2D eigenvalue weighted by Gasteiger charge is -2.26. The van der Waals surface area contributed by atoms with Crippen LogP contribution in [0.1, 0.15) is 42.4 Å². The Morgan fingerprint density at radius 1 is 1.06 bits per heavy atom. The normalized spacial score (nSPS) is 18.9. The van der Waals surface area contributed by atoms with Crippen LogP contribution >= 0.6 is 0 Å². The van der Waals surface area contributed by atoms with E-state index < -0.39 is 0 Å². The minimum atomic E-state index is 0.181. The van der Waals surface area contributed by atoms with Crippen LogP contribution < -0.4 is 0 Å². The number of aryl methyl sites for hydroxylation is 2. The Morgan fingerprint density at radius 3 is 2.12 bits per heavy atom. The fourth-order valence-electron chi connectivity index (χ4n) is 3.12. The molecule has 1 nitrogen and oxygen atoms in total. The summed E-state index contributed by atoms with van der Waals surface area (Å²) in [5.41, 5.74) is 4.25. The monoisotopic (exact) mass is 218 g/mol. The maximum absolute atomic E-state index is 9.62. The van der Waals surface area contributed by atoms with Gasteiger partial charge in [-0.05, 0) is 44.1 Å². The highest BCUT2D eigenvalue weighted by Crippen LogP contribution is 2.40. The van der Waals surface area contributed by atoms with Crippen molar-refractivity contribution in [3.05, 3.63) is 34.9 Å². The maximum Gasteiger partial charge on any atom is 0.0490 e. The Kier molecular flexibility index (Phi) is 3.34. The van der Waals surface area contributed by atoms with Crippen LogP contribution in [0.15, 0.2) is 18.2 Å². The van der Waals surface area contributed by atoms with Gasteiger partial charge in [0.05, 0.1) is 0 Å². The molecule has 1 aliphatic rings. The van der Waals surface area contributed by atoms with Crippen molar-refractivity contribution >= 4 is 0 Å². The van der Waals surface area contributed by atoms with Crippen molar-refractivity contribution in [1.82, 2.24) is 0 Å². The highest BCUT2D eigenvalue weighted by molar-refractivity contribution is 5.29. The van der Waals surface area contributed by atoms with Gasteiger partial charge in [0.2, 0.25) is 0 Å². The van der Waals surface area contributed by atoms with Crippen LogP contribution in [0.4, 0.5) is 0 Å². The second-order valence-corrected chi connectivity index (χ2v) is 5.54. The average molecular weight is 218 g/mol. The van der Waals surface area contributed by atoms with Gasteiger partial charge in [-0.15, -0.1) is 0 Å². The molecule has 16 heavy (non-hydrogen) atoms. The van der Waals surface area contributed by atoms with Gasteiger partial charge in [-0.25, -0.2) is 0 Å². The standard InChI is InChI=1S/C15H22O/c1-12-7-13(2)9-14(8-12)10-15(11-16)5-3-4-6-15/h7-9,16H,3-6,10-11H2,1-2H3. The van der Waals surface area contributed by atoms with E-state index in [1.54, 1.807) is 0 Å². The average Bonchev–Trinajstić information content (AvgIpc) is 2.65. The van der Waals surface area contributed by atoms with Crippen molar-refractivity contribution in [3.8, 4) is 0 Å². The first-order chi connectivity index (χ1) is 7.63. The molecule has 1 saturated carbocycles. The molecule has 1 fully saturated rings. The molecule has 0 amide bonds. The summed E-state index contributed by atoms with van der Waals surface area (Å²) in [4.78, 5) is 0. The van der Waals surface area contributed by atoms with Gasteiger partial charge in [0.25, 0.3) is 0 Å². The smallest absolute Gasteiger partial charge is 0.0490 e. The number of hydrogen-bond donors (Lipinski definition) is 1. The second kappa shape index (κ2) is 4.58. The van der Waals surface area contributed by atoms with Crippen molar-refractivity contribution in [3.63, 3.8) is 0 Å². The van der Waals surface area contributed by atoms with Crippen LogP contribution in [0.25, 0.3) is 0 Å². The molecule has 0 aliphatic heterocycles. The minimum absolute atomic E-state index is 0.181. The fourth-order valence-corrected chi connectivity index (χ4v) is 3.12. The summed E-state index contributed by atoms with van der Waals surface area (Å²) in [6.07, 6.45) is 6.00. The molecule has 88 valence electrons. The number of rotatable bonds is 3. The first-order valence-corrected chi connectivity index (χ1v) is 6.32. The van der Waals surface area contributed by atoms with Gasteiger partial charge in [0.15, 0.2) is 0 Å². The topological polar surface area (TPSA) is 20.2 Å². The third kappa shape index (κ3) is 2.46. The molecule has 1 aromatic carbocycles. The highest BCUT2D eigenvalue weighted by atomic mass is 16.3. The lowest BCUT2D eigenvalue weighted by Crippen LogP contribution is -2.24. The largest absolute Gasteiger partial charge is 0.396 e. The van der Waals surface area contributed by atoms with Crippen molar-refractivity contribution in [2.45, 2.75) is 46.0 Å². The zero-order chi connectivity index (χ0) is 11.6. The molecule has 0 radical (unpaired) electrons. The van der Waals surface area contributed by atoms with Gasteiger partial charge in [0.1, 0.15) is 0 Å². The molecule has 0 aromatic heterocycles. The molecule has 0 heterocycles. The van der Waals surface area contributed by atoms with Crippen molar-refractivity contribution in [1.29, 1.82) is 0 Å². The number of aliphatic hydroxyl groups excluding tert-OH is 1. The number of hydrogen-bond acceptors (Lipinski definition) is 1. The molecular weight excluding hydrogens is 196 g/mol. The SMILES string of the molecule is Cc1cc(C)cc(CC2(CO)CCCC2)c1. The van der Waals surface area contributed by atoms with E-state index in [-0.39, 0.29) is 5.41 Å². The predicted octanol–water partition coefficient (Wildman–Crippen LogP) is 3.40. The summed E-state index contributed by atoms with van der Waals surface area (Å²) in [6, 6.07) is 6.75.